The van der Waals surface area contributed by atoms with E-state index in [9.17, 15) is 0 Å². The van der Waals surface area contributed by atoms with Crippen LogP contribution in [0.5, 0.6) is 0 Å². The van der Waals surface area contributed by atoms with Crippen molar-refractivity contribution >= 4 is 11.8 Å². The molecule has 0 bridgehead atoms. The zero-order valence-corrected chi connectivity index (χ0v) is 19.2. The van der Waals surface area contributed by atoms with Crippen molar-refractivity contribution in [3.8, 4) is 0 Å². The number of nitrogens with one attached hydrogen (secondary N) is 1. The van der Waals surface area contributed by atoms with Crippen molar-refractivity contribution in [2.24, 2.45) is 0 Å². The zero-order valence-electron chi connectivity index (χ0n) is 18.4. The molecule has 4 rings (SSSR count). The third-order valence-corrected chi connectivity index (χ3v) is 8.15. The van der Waals surface area contributed by atoms with Crippen molar-refractivity contribution in [1.82, 2.24) is 5.32 Å². The Morgan fingerprint density at radius 3 is 2.07 bits per heavy atom. The van der Waals surface area contributed by atoms with Crippen molar-refractivity contribution in [1.29, 1.82) is 0 Å². The van der Waals surface area contributed by atoms with Gasteiger partial charge in [-0.15, -0.1) is 0 Å². The highest BCUT2D eigenvalue weighted by Gasteiger charge is 2.39. The molecule has 2 aliphatic rings. The molecule has 0 saturated carbocycles. The quantitative estimate of drug-likeness (QED) is 0.265. The van der Waals surface area contributed by atoms with Gasteiger partial charge in [-0.05, 0) is 72.9 Å². The van der Waals surface area contributed by atoms with Gasteiger partial charge in [0.15, 0.2) is 0 Å². The molecular weight excluding hydrogens is 370 g/mol. The molecule has 0 aliphatic carbocycles. The number of aryl methyl sites for hydroxylation is 2. The van der Waals surface area contributed by atoms with E-state index in [1.54, 1.807) is 0 Å². The predicted molar refractivity (Wildman–Crippen MR) is 126 cm³/mol. The van der Waals surface area contributed by atoms with Crippen LogP contribution in [0.1, 0.15) is 87.5 Å². The SMILES string of the molecule is CCCCCCCCc1ccc2c(c1)Cc1cc(CCC3(CC)CN3)ccc1S2. The van der Waals surface area contributed by atoms with Crippen LogP contribution in [0.3, 0.4) is 0 Å². The largest absolute Gasteiger partial charge is 0.308 e. The molecule has 2 aliphatic heterocycles. The minimum Gasteiger partial charge on any atom is -0.308 e. The molecule has 156 valence electrons. The van der Waals surface area contributed by atoms with Gasteiger partial charge >= 0.3 is 0 Å². The smallest absolute Gasteiger partial charge is 0.0307 e. The summed E-state index contributed by atoms with van der Waals surface area (Å²) >= 11 is 1.97. The highest BCUT2D eigenvalue weighted by molar-refractivity contribution is 7.99. The fourth-order valence-corrected chi connectivity index (χ4v) is 5.63. The van der Waals surface area contributed by atoms with E-state index in [2.05, 4.69) is 55.6 Å². The first-order valence-corrected chi connectivity index (χ1v) is 12.7. The van der Waals surface area contributed by atoms with Crippen molar-refractivity contribution in [3.63, 3.8) is 0 Å². The second kappa shape index (κ2) is 9.71. The molecule has 1 saturated heterocycles. The first-order valence-electron chi connectivity index (χ1n) is 11.9. The Labute approximate surface area is 182 Å². The summed E-state index contributed by atoms with van der Waals surface area (Å²) < 4.78 is 0. The van der Waals surface area contributed by atoms with Gasteiger partial charge in [0.2, 0.25) is 0 Å². The van der Waals surface area contributed by atoms with Crippen LogP contribution in [-0.4, -0.2) is 12.1 Å². The Bertz CT molecular complexity index is 821. The molecule has 1 atom stereocenters. The first kappa shape index (κ1) is 21.0. The average molecular weight is 408 g/mol. The van der Waals surface area contributed by atoms with Gasteiger partial charge in [0.1, 0.15) is 0 Å². The summed E-state index contributed by atoms with van der Waals surface area (Å²) in [5.41, 5.74) is 6.56. The monoisotopic (exact) mass is 407 g/mol. The number of fused-ring (bicyclic) bond motifs is 2. The molecule has 2 aromatic rings. The molecule has 0 amide bonds. The summed E-state index contributed by atoms with van der Waals surface area (Å²) in [5.74, 6) is 0. The van der Waals surface area contributed by atoms with E-state index in [-0.39, 0.29) is 0 Å². The highest BCUT2D eigenvalue weighted by Crippen LogP contribution is 2.40. The van der Waals surface area contributed by atoms with Crippen molar-refractivity contribution in [2.45, 2.75) is 99.8 Å². The third-order valence-electron chi connectivity index (χ3n) is 6.92. The minimum absolute atomic E-state index is 0.447. The van der Waals surface area contributed by atoms with Crippen LogP contribution in [0, 0.1) is 0 Å². The molecule has 2 heteroatoms. The molecule has 0 radical (unpaired) electrons. The summed E-state index contributed by atoms with van der Waals surface area (Å²) in [5, 5.41) is 3.58. The van der Waals surface area contributed by atoms with E-state index >= 15 is 0 Å². The maximum absolute atomic E-state index is 3.58. The molecule has 1 nitrogen and oxygen atoms in total. The fourth-order valence-electron chi connectivity index (χ4n) is 4.60. The second-order valence-electron chi connectivity index (χ2n) is 9.17. The van der Waals surface area contributed by atoms with E-state index < -0.39 is 0 Å². The molecule has 2 heterocycles. The third kappa shape index (κ3) is 5.47. The zero-order chi connectivity index (χ0) is 20.1. The Kier molecular flexibility index (Phi) is 7.03. The lowest BCUT2D eigenvalue weighted by atomic mass is 9.94. The molecule has 1 unspecified atom stereocenters. The van der Waals surface area contributed by atoms with Crippen molar-refractivity contribution in [2.75, 3.05) is 6.54 Å². The Balaban J connectivity index is 1.34. The molecule has 0 spiro atoms. The van der Waals surface area contributed by atoms with Gasteiger partial charge in [0.05, 0.1) is 0 Å². The number of hydrogen-bond acceptors (Lipinski definition) is 2. The minimum atomic E-state index is 0.447. The van der Waals surface area contributed by atoms with Gasteiger partial charge in [-0.2, -0.15) is 0 Å². The van der Waals surface area contributed by atoms with E-state index in [0.717, 1.165) is 6.42 Å². The maximum Gasteiger partial charge on any atom is 0.0307 e. The topological polar surface area (TPSA) is 21.9 Å². The van der Waals surface area contributed by atoms with E-state index in [0.29, 0.717) is 5.54 Å². The van der Waals surface area contributed by atoms with E-state index in [4.69, 9.17) is 0 Å². The summed E-state index contributed by atoms with van der Waals surface area (Å²) in [6, 6.07) is 14.4. The molecule has 1 fully saturated rings. The van der Waals surface area contributed by atoms with E-state index in [1.165, 1.54) is 103 Å². The fraction of sp³-hybridized carbons (Fsp3) is 0.556. The van der Waals surface area contributed by atoms with E-state index in [1.807, 2.05) is 11.8 Å². The van der Waals surface area contributed by atoms with Crippen LogP contribution in [0.15, 0.2) is 46.2 Å². The number of benzene rings is 2. The molecular formula is C27H37NS. The summed E-state index contributed by atoms with van der Waals surface area (Å²) in [4.78, 5) is 2.92. The van der Waals surface area contributed by atoms with Crippen molar-refractivity contribution in [3.05, 3.63) is 58.7 Å². The second-order valence-corrected chi connectivity index (χ2v) is 10.3. The highest BCUT2D eigenvalue weighted by atomic mass is 32.2. The van der Waals surface area contributed by atoms with Crippen LogP contribution in [0.25, 0.3) is 0 Å². The van der Waals surface area contributed by atoms with Gasteiger partial charge < -0.3 is 5.32 Å². The molecule has 1 N–H and O–H groups in total. The maximum atomic E-state index is 3.58. The normalized spacial score (nSPS) is 19.7. The standard InChI is InChI=1S/C27H37NS/c1-3-5-6-7-8-9-10-21-11-13-25-23(17-21)19-24-18-22(12-14-26(24)29-25)15-16-27(4-2)20-28-27/h11-14,17-18,28H,3-10,15-16,19-20H2,1-2H3. The average Bonchev–Trinajstić information content (AvgIpc) is 3.53. The van der Waals surface area contributed by atoms with Crippen LogP contribution in [0.2, 0.25) is 0 Å². The number of hydrogen-bond donors (Lipinski definition) is 1. The summed E-state index contributed by atoms with van der Waals surface area (Å²) in [6.07, 6.45) is 14.3. The lowest BCUT2D eigenvalue weighted by molar-refractivity contribution is 0.553. The molecule has 29 heavy (non-hydrogen) atoms. The van der Waals surface area contributed by atoms with Crippen LogP contribution < -0.4 is 5.32 Å². The first-order chi connectivity index (χ1) is 14.2. The Morgan fingerprint density at radius 1 is 0.828 bits per heavy atom. The van der Waals surface area contributed by atoms with Gasteiger partial charge in [0, 0.05) is 21.9 Å². The van der Waals surface area contributed by atoms with Gasteiger partial charge in [-0.1, -0.05) is 82.0 Å². The predicted octanol–water partition coefficient (Wildman–Crippen LogP) is 7.33. The summed E-state index contributed by atoms with van der Waals surface area (Å²) in [6.45, 7) is 5.81. The van der Waals surface area contributed by atoms with Crippen LogP contribution >= 0.6 is 11.8 Å². The lowest BCUT2D eigenvalue weighted by Gasteiger charge is -2.21. The Morgan fingerprint density at radius 2 is 1.45 bits per heavy atom. The summed E-state index contributed by atoms with van der Waals surface area (Å²) in [7, 11) is 0. The van der Waals surface area contributed by atoms with Gasteiger partial charge in [-0.3, -0.25) is 0 Å². The molecule has 0 aromatic heterocycles. The molecule has 2 aromatic carbocycles. The van der Waals surface area contributed by atoms with Crippen molar-refractivity contribution < 1.29 is 0 Å². The lowest BCUT2D eigenvalue weighted by Crippen LogP contribution is -2.14. The van der Waals surface area contributed by atoms with Gasteiger partial charge in [-0.25, -0.2) is 0 Å². The number of rotatable bonds is 11. The number of unbranched alkanes of at least 4 members (excludes halogenated alkanes) is 5. The van der Waals surface area contributed by atoms with Crippen LogP contribution in [0.4, 0.5) is 0 Å². The Hall–Kier alpha value is -1.25. The van der Waals surface area contributed by atoms with Crippen LogP contribution in [-0.2, 0) is 19.3 Å². The van der Waals surface area contributed by atoms with Gasteiger partial charge in [0.25, 0.3) is 0 Å².